The summed E-state index contributed by atoms with van der Waals surface area (Å²) in [6.07, 6.45) is -0.241. The smallest absolute Gasteiger partial charge is 0.418 e. The molecule has 3 N–H and O–H groups in total. The number of aliphatic hydroxyl groups excluding tert-OH is 1. The van der Waals surface area contributed by atoms with Crippen LogP contribution in [0.4, 0.5) is 17.3 Å². The van der Waals surface area contributed by atoms with Crippen LogP contribution in [0, 0.1) is 0 Å². The van der Waals surface area contributed by atoms with Gasteiger partial charge in [0, 0.05) is 6.92 Å². The number of aliphatic hydroxyl groups is 1. The van der Waals surface area contributed by atoms with Crippen LogP contribution in [0.1, 0.15) is 6.92 Å². The van der Waals surface area contributed by atoms with Gasteiger partial charge in [0.2, 0.25) is 0 Å². The first kappa shape index (κ1) is 12.4. The van der Waals surface area contributed by atoms with E-state index in [0.717, 1.165) is 0 Å². The Morgan fingerprint density at radius 3 is 1.40 bits per heavy atom. The molecule has 0 bridgehead atoms. The zero-order valence-corrected chi connectivity index (χ0v) is 5.69. The molecule has 0 aromatic rings. The minimum Gasteiger partial charge on any atom is -0.418 e. The van der Waals surface area contributed by atoms with Crippen molar-refractivity contribution in [1.82, 2.24) is 0 Å². The Balaban J connectivity index is 0. The van der Waals surface area contributed by atoms with Gasteiger partial charge < -0.3 is 27.7 Å². The molecule has 0 rings (SSSR count). The SMILES string of the molecule is C[NH2+]C(C)O.F[B-](F)(F)F. The Morgan fingerprint density at radius 1 is 1.30 bits per heavy atom. The van der Waals surface area contributed by atoms with Crippen LogP contribution in [0.5, 0.6) is 0 Å². The second kappa shape index (κ2) is 5.49. The number of halogens is 4. The fourth-order valence-corrected chi connectivity index (χ4v) is 0. The van der Waals surface area contributed by atoms with E-state index in [4.69, 9.17) is 5.11 Å². The molecule has 2 nitrogen and oxygen atoms in total. The molecule has 0 aliphatic heterocycles. The molecule has 7 heteroatoms. The second-order valence-corrected chi connectivity index (χ2v) is 1.57. The molecule has 0 aliphatic carbocycles. The zero-order chi connectivity index (χ0) is 8.78. The summed E-state index contributed by atoms with van der Waals surface area (Å²) >= 11 is 0. The van der Waals surface area contributed by atoms with Crippen LogP contribution in [0.25, 0.3) is 0 Å². The minimum absolute atomic E-state index is 0.241. The summed E-state index contributed by atoms with van der Waals surface area (Å²) < 4.78 is 39.0. The number of hydrogen-bond acceptors (Lipinski definition) is 1. The summed E-state index contributed by atoms with van der Waals surface area (Å²) in [5.41, 5.74) is 0. The van der Waals surface area contributed by atoms with Crippen LogP contribution in [0.15, 0.2) is 0 Å². The van der Waals surface area contributed by atoms with E-state index >= 15 is 0 Å². The van der Waals surface area contributed by atoms with Gasteiger partial charge in [-0.3, -0.25) is 0 Å². The largest absolute Gasteiger partial charge is 0.673 e. The van der Waals surface area contributed by atoms with Crippen molar-refractivity contribution < 1.29 is 27.7 Å². The van der Waals surface area contributed by atoms with E-state index in [1.807, 2.05) is 7.05 Å². The monoisotopic (exact) mass is 163 g/mol. The summed E-state index contributed by atoms with van der Waals surface area (Å²) in [5.74, 6) is 0. The Kier molecular flexibility index (Phi) is 6.80. The Labute approximate surface area is 56.3 Å². The number of hydrogen-bond donors (Lipinski definition) is 2. The topological polar surface area (TPSA) is 36.8 Å². The lowest BCUT2D eigenvalue weighted by molar-refractivity contribution is -0.696. The van der Waals surface area contributed by atoms with E-state index in [9.17, 15) is 17.3 Å². The molecule has 0 amide bonds. The third-order valence-corrected chi connectivity index (χ3v) is 0.482. The molecule has 10 heavy (non-hydrogen) atoms. The quantitative estimate of drug-likeness (QED) is 0.314. The second-order valence-electron chi connectivity index (χ2n) is 1.57. The minimum atomic E-state index is -6.00. The highest BCUT2D eigenvalue weighted by atomic mass is 19.5. The average Bonchev–Trinajstić information content (AvgIpc) is 1.61. The molecule has 1 atom stereocenters. The summed E-state index contributed by atoms with van der Waals surface area (Å²) in [4.78, 5) is 0. The molecule has 0 heterocycles. The molecule has 0 saturated heterocycles. The van der Waals surface area contributed by atoms with Crippen molar-refractivity contribution in [3.63, 3.8) is 0 Å². The first-order valence-electron chi connectivity index (χ1n) is 2.62. The van der Waals surface area contributed by atoms with E-state index in [2.05, 4.69) is 0 Å². The van der Waals surface area contributed by atoms with Gasteiger partial charge >= 0.3 is 7.25 Å². The highest BCUT2D eigenvalue weighted by Crippen LogP contribution is 2.06. The van der Waals surface area contributed by atoms with Gasteiger partial charge in [-0.05, 0) is 0 Å². The van der Waals surface area contributed by atoms with Crippen molar-refractivity contribution in [1.29, 1.82) is 0 Å². The van der Waals surface area contributed by atoms with Gasteiger partial charge in [-0.25, -0.2) is 0 Å². The highest BCUT2D eigenvalue weighted by molar-refractivity contribution is 6.50. The van der Waals surface area contributed by atoms with Crippen molar-refractivity contribution in [2.24, 2.45) is 0 Å². The van der Waals surface area contributed by atoms with Crippen molar-refractivity contribution in [3.8, 4) is 0 Å². The lowest BCUT2D eigenvalue weighted by Gasteiger charge is -1.94. The maximum atomic E-state index is 9.75. The molecule has 0 spiro atoms. The summed E-state index contributed by atoms with van der Waals surface area (Å²) in [7, 11) is -4.18. The molecule has 0 aromatic carbocycles. The van der Waals surface area contributed by atoms with Gasteiger partial charge in [0.25, 0.3) is 0 Å². The molecular weight excluding hydrogens is 153 g/mol. The van der Waals surface area contributed by atoms with Crippen molar-refractivity contribution >= 4 is 7.25 Å². The van der Waals surface area contributed by atoms with Gasteiger partial charge in [0.1, 0.15) is 0 Å². The number of quaternary nitrogens is 1. The number of rotatable bonds is 1. The Bertz CT molecular complexity index is 69.4. The molecule has 1 unspecified atom stereocenters. The Morgan fingerprint density at radius 2 is 1.40 bits per heavy atom. The molecule has 64 valence electrons. The molecule has 0 saturated carbocycles. The maximum Gasteiger partial charge on any atom is 0.673 e. The van der Waals surface area contributed by atoms with Gasteiger partial charge in [-0.1, -0.05) is 0 Å². The maximum absolute atomic E-state index is 9.75. The number of nitrogens with two attached hydrogens (primary N) is 1. The van der Waals surface area contributed by atoms with Crippen LogP contribution in [0.3, 0.4) is 0 Å². The zero-order valence-electron chi connectivity index (χ0n) is 5.69. The van der Waals surface area contributed by atoms with E-state index in [0.29, 0.717) is 0 Å². The van der Waals surface area contributed by atoms with E-state index in [-0.39, 0.29) is 6.23 Å². The van der Waals surface area contributed by atoms with E-state index < -0.39 is 7.25 Å². The fourth-order valence-electron chi connectivity index (χ4n) is 0. The average molecular weight is 163 g/mol. The standard InChI is InChI=1S/C3H9NO.BF4/c1-3(5)4-2;2-1(3,4)5/h3-5H,1-2H3;/q;-1/p+1. The van der Waals surface area contributed by atoms with Crippen LogP contribution < -0.4 is 5.32 Å². The fraction of sp³-hybridized carbons (Fsp3) is 1.00. The first-order chi connectivity index (χ1) is 4.27. The third kappa shape index (κ3) is 119. The molecule has 0 radical (unpaired) electrons. The van der Waals surface area contributed by atoms with Gasteiger partial charge in [-0.2, -0.15) is 0 Å². The van der Waals surface area contributed by atoms with E-state index in [1.54, 1.807) is 12.2 Å². The summed E-state index contributed by atoms with van der Waals surface area (Å²) in [6.45, 7) is 1.72. The molecule has 0 fully saturated rings. The molecule has 0 aromatic heterocycles. The van der Waals surface area contributed by atoms with Gasteiger partial charge in [0.05, 0.1) is 7.05 Å². The van der Waals surface area contributed by atoms with Crippen molar-refractivity contribution in [2.45, 2.75) is 13.2 Å². The summed E-state index contributed by atoms with van der Waals surface area (Å²) in [6, 6.07) is 0. The lowest BCUT2D eigenvalue weighted by Crippen LogP contribution is -2.85. The predicted molar refractivity (Wildman–Crippen MR) is 29.7 cm³/mol. The summed E-state index contributed by atoms with van der Waals surface area (Å²) in [5, 5.41) is 10.0. The molecular formula is C3H10BF4NO. The van der Waals surface area contributed by atoms with Crippen LogP contribution in [-0.2, 0) is 0 Å². The third-order valence-electron chi connectivity index (χ3n) is 0.482. The lowest BCUT2D eigenvalue weighted by atomic mass is 10.3. The van der Waals surface area contributed by atoms with Crippen molar-refractivity contribution in [2.75, 3.05) is 7.05 Å². The Hall–Kier alpha value is -0.295. The first-order valence-corrected chi connectivity index (χ1v) is 2.62. The predicted octanol–water partition coefficient (Wildman–Crippen LogP) is -0.182. The van der Waals surface area contributed by atoms with Crippen LogP contribution >= 0.6 is 0 Å². The highest BCUT2D eigenvalue weighted by Gasteiger charge is 2.20. The van der Waals surface area contributed by atoms with Gasteiger partial charge in [-0.15, -0.1) is 0 Å². The van der Waals surface area contributed by atoms with Crippen molar-refractivity contribution in [3.05, 3.63) is 0 Å². The van der Waals surface area contributed by atoms with Crippen LogP contribution in [-0.4, -0.2) is 25.6 Å². The normalized spacial score (nSPS) is 13.5. The van der Waals surface area contributed by atoms with Gasteiger partial charge in [0.15, 0.2) is 6.23 Å². The molecule has 0 aliphatic rings. The van der Waals surface area contributed by atoms with E-state index in [1.165, 1.54) is 0 Å². The van der Waals surface area contributed by atoms with Crippen LogP contribution in [0.2, 0.25) is 0 Å².